The summed E-state index contributed by atoms with van der Waals surface area (Å²) in [5.41, 5.74) is 0. The Bertz CT molecular complexity index is 122. The molecule has 0 N–H and O–H groups in total. The molecule has 60 valence electrons. The molecule has 10 heavy (non-hydrogen) atoms. The molecule has 3 nitrogen and oxygen atoms in total. The van der Waals surface area contributed by atoms with Crippen LogP contribution >= 0.6 is 0 Å². The molecule has 0 rings (SSSR count). The molecule has 0 aromatic rings. The fraction of sp³-hybridized carbons (Fsp3) is 0.667. The molecule has 4 heteroatoms. The fourth-order valence-corrected chi connectivity index (χ4v) is 0.415. The third-order valence-corrected chi connectivity index (χ3v) is 0.699. The Morgan fingerprint density at radius 3 is 2.20 bits per heavy atom. The van der Waals surface area contributed by atoms with Gasteiger partial charge in [-0.15, -0.1) is 0 Å². The smallest absolute Gasteiger partial charge is 0.313 e. The topological polar surface area (TPSA) is 43.4 Å². The van der Waals surface area contributed by atoms with Crippen LogP contribution in [0.2, 0.25) is 0 Å². The van der Waals surface area contributed by atoms with Crippen molar-refractivity contribution in [1.82, 2.24) is 0 Å². The Balaban J connectivity index is 0. The van der Waals surface area contributed by atoms with Crippen molar-refractivity contribution in [2.24, 2.45) is 0 Å². The number of hydrogen-bond donors (Lipinski definition) is 0. The summed E-state index contributed by atoms with van der Waals surface area (Å²) in [6.07, 6.45) is -0.103. The van der Waals surface area contributed by atoms with Crippen LogP contribution in [0.15, 0.2) is 0 Å². The number of ether oxygens (including phenoxy) is 1. The molecule has 0 radical (unpaired) electrons. The molecular formula is C6H10O3Ru. The Morgan fingerprint density at radius 2 is 1.90 bits per heavy atom. The molecule has 0 heterocycles. The van der Waals surface area contributed by atoms with Crippen molar-refractivity contribution in [2.75, 3.05) is 6.61 Å². The first-order valence-corrected chi connectivity index (χ1v) is 2.82. The van der Waals surface area contributed by atoms with E-state index in [-0.39, 0.29) is 31.7 Å². The van der Waals surface area contributed by atoms with Gasteiger partial charge in [-0.05, 0) is 13.8 Å². The molecule has 0 aliphatic carbocycles. The minimum atomic E-state index is -0.440. The first-order valence-electron chi connectivity index (χ1n) is 2.82. The Labute approximate surface area is 72.9 Å². The molecule has 0 aliphatic rings. The van der Waals surface area contributed by atoms with Crippen LogP contribution in [0.3, 0.4) is 0 Å². The van der Waals surface area contributed by atoms with Gasteiger partial charge in [-0.2, -0.15) is 0 Å². The van der Waals surface area contributed by atoms with Gasteiger partial charge in [-0.3, -0.25) is 9.59 Å². The first kappa shape index (κ1) is 12.4. The van der Waals surface area contributed by atoms with E-state index in [0.717, 1.165) is 0 Å². The van der Waals surface area contributed by atoms with Crippen molar-refractivity contribution in [1.29, 1.82) is 0 Å². The summed E-state index contributed by atoms with van der Waals surface area (Å²) in [6.45, 7) is 3.40. The number of carbonyl (C=O) groups excluding carboxylic acids is 2. The van der Waals surface area contributed by atoms with Crippen LogP contribution in [-0.2, 0) is 33.8 Å². The maximum absolute atomic E-state index is 10.4. The van der Waals surface area contributed by atoms with Crippen molar-refractivity contribution in [2.45, 2.75) is 20.3 Å². The van der Waals surface area contributed by atoms with Crippen LogP contribution < -0.4 is 0 Å². The van der Waals surface area contributed by atoms with Crippen molar-refractivity contribution in [3.05, 3.63) is 0 Å². The van der Waals surface area contributed by atoms with Gasteiger partial charge in [0.1, 0.15) is 12.2 Å². The summed E-state index contributed by atoms with van der Waals surface area (Å²) >= 11 is 0. The predicted molar refractivity (Wildman–Crippen MR) is 31.9 cm³/mol. The maximum atomic E-state index is 10.4. The summed E-state index contributed by atoms with van der Waals surface area (Å²) in [6, 6.07) is 0. The first-order chi connectivity index (χ1) is 4.16. The molecule has 0 saturated heterocycles. The minimum absolute atomic E-state index is 0. The Hall–Kier alpha value is -0.237. The van der Waals surface area contributed by atoms with E-state index >= 15 is 0 Å². The summed E-state index contributed by atoms with van der Waals surface area (Å²) in [4.78, 5) is 20.6. The largest absolute Gasteiger partial charge is 0.466 e. The van der Waals surface area contributed by atoms with E-state index < -0.39 is 5.97 Å². The van der Waals surface area contributed by atoms with Crippen molar-refractivity contribution in [3.63, 3.8) is 0 Å². The number of carbonyl (C=O) groups is 2. The summed E-state index contributed by atoms with van der Waals surface area (Å²) in [5, 5.41) is 0. The zero-order valence-corrected chi connectivity index (χ0v) is 7.73. The predicted octanol–water partition coefficient (Wildman–Crippen LogP) is 0.526. The van der Waals surface area contributed by atoms with Crippen LogP contribution in [-0.4, -0.2) is 18.4 Å². The van der Waals surface area contributed by atoms with E-state index in [2.05, 4.69) is 4.74 Å². The maximum Gasteiger partial charge on any atom is 0.313 e. The second-order valence-corrected chi connectivity index (χ2v) is 1.68. The van der Waals surface area contributed by atoms with E-state index in [1.54, 1.807) is 6.92 Å². The standard InChI is InChI=1S/C6H10O3.Ru/c1-3-9-6(8)4-5(2)7;/h3-4H2,1-2H3;. The zero-order valence-electron chi connectivity index (χ0n) is 5.99. The molecule has 0 aromatic carbocycles. The summed E-state index contributed by atoms with van der Waals surface area (Å²) in [7, 11) is 0. The molecule has 0 amide bonds. The Morgan fingerprint density at radius 1 is 1.40 bits per heavy atom. The molecule has 0 spiro atoms. The molecule has 0 fully saturated rings. The number of Topliss-reactive ketones (excluding diaryl/α,β-unsaturated/α-hetero) is 1. The molecule has 0 unspecified atom stereocenters. The normalized spacial score (nSPS) is 7.80. The van der Waals surface area contributed by atoms with Crippen molar-refractivity contribution < 1.29 is 33.8 Å². The summed E-state index contributed by atoms with van der Waals surface area (Å²) in [5.74, 6) is -0.599. The second kappa shape index (κ2) is 6.88. The van der Waals surface area contributed by atoms with Crippen molar-refractivity contribution >= 4 is 11.8 Å². The van der Waals surface area contributed by atoms with Crippen LogP contribution in [0.1, 0.15) is 20.3 Å². The second-order valence-electron chi connectivity index (χ2n) is 1.68. The molecular weight excluding hydrogens is 221 g/mol. The Kier molecular flexibility index (Phi) is 8.56. The average Bonchev–Trinajstić information content (AvgIpc) is 1.63. The van der Waals surface area contributed by atoms with E-state index in [4.69, 9.17) is 0 Å². The number of ketones is 1. The molecule has 0 saturated carbocycles. The molecule has 0 aliphatic heterocycles. The number of rotatable bonds is 3. The van der Waals surface area contributed by atoms with Crippen LogP contribution in [0.25, 0.3) is 0 Å². The third kappa shape index (κ3) is 7.76. The third-order valence-electron chi connectivity index (χ3n) is 0.699. The van der Waals surface area contributed by atoms with Gasteiger partial charge >= 0.3 is 5.97 Å². The quantitative estimate of drug-likeness (QED) is 0.404. The number of esters is 1. The van der Waals surface area contributed by atoms with Gasteiger partial charge < -0.3 is 4.74 Å². The minimum Gasteiger partial charge on any atom is -0.466 e. The van der Waals surface area contributed by atoms with Gasteiger partial charge in [0.15, 0.2) is 0 Å². The summed E-state index contributed by atoms with van der Waals surface area (Å²) < 4.78 is 4.49. The van der Waals surface area contributed by atoms with Gasteiger partial charge in [0.25, 0.3) is 0 Å². The molecule has 0 atom stereocenters. The van der Waals surface area contributed by atoms with E-state index in [9.17, 15) is 9.59 Å². The van der Waals surface area contributed by atoms with Gasteiger partial charge in [0, 0.05) is 19.5 Å². The van der Waals surface area contributed by atoms with Gasteiger partial charge in [0.05, 0.1) is 6.61 Å². The molecule has 0 bridgehead atoms. The van der Waals surface area contributed by atoms with E-state index in [0.29, 0.717) is 6.61 Å². The molecule has 0 aromatic heterocycles. The monoisotopic (exact) mass is 232 g/mol. The number of hydrogen-bond acceptors (Lipinski definition) is 3. The van der Waals surface area contributed by atoms with E-state index in [1.807, 2.05) is 0 Å². The van der Waals surface area contributed by atoms with Crippen LogP contribution in [0, 0.1) is 0 Å². The van der Waals surface area contributed by atoms with Crippen molar-refractivity contribution in [3.8, 4) is 0 Å². The van der Waals surface area contributed by atoms with E-state index in [1.165, 1.54) is 6.92 Å². The average molecular weight is 231 g/mol. The van der Waals surface area contributed by atoms with Gasteiger partial charge in [-0.25, -0.2) is 0 Å². The zero-order chi connectivity index (χ0) is 7.28. The van der Waals surface area contributed by atoms with Gasteiger partial charge in [0.2, 0.25) is 0 Å². The fourth-order valence-electron chi connectivity index (χ4n) is 0.415. The van der Waals surface area contributed by atoms with Gasteiger partial charge in [-0.1, -0.05) is 0 Å². The van der Waals surface area contributed by atoms with Crippen LogP contribution in [0.4, 0.5) is 0 Å². The van der Waals surface area contributed by atoms with Crippen LogP contribution in [0.5, 0.6) is 0 Å². The SMILES string of the molecule is CCOC(=O)CC(C)=O.[Ru].